The van der Waals surface area contributed by atoms with Crippen LogP contribution in [0.2, 0.25) is 0 Å². The molecule has 1 fully saturated rings. The lowest BCUT2D eigenvalue weighted by Crippen LogP contribution is -2.40. The van der Waals surface area contributed by atoms with E-state index in [-0.39, 0.29) is 11.5 Å². The van der Waals surface area contributed by atoms with Crippen LogP contribution in [-0.2, 0) is 14.3 Å². The Bertz CT molecular complexity index is 1440. The molecule has 3 aromatic carbocycles. The molecular formula is C28H19Br3O5. The molecule has 5 nitrogen and oxygen atoms in total. The second kappa shape index (κ2) is 9.08. The van der Waals surface area contributed by atoms with Gasteiger partial charge in [-0.2, -0.15) is 0 Å². The number of rotatable bonds is 5. The molecule has 0 amide bonds. The second-order valence-corrected chi connectivity index (χ2v) is 12.0. The van der Waals surface area contributed by atoms with E-state index in [9.17, 15) is 14.4 Å². The number of carbonyl (C=O) groups excluding carboxylic acids is 3. The van der Waals surface area contributed by atoms with Crippen molar-refractivity contribution in [1.82, 2.24) is 0 Å². The van der Waals surface area contributed by atoms with Gasteiger partial charge in [-0.05, 0) is 44.2 Å². The Morgan fingerprint density at radius 3 is 2.03 bits per heavy atom. The highest BCUT2D eigenvalue weighted by atomic mass is 79.9. The standard InChI is InChI=1S/C28H19Br3O5/c1-15(29)22(16-7-11-18(30)12-8-16)36-26(34)28-23(20-5-3-4-6-21(20)35-25(28)33)27(28,2)24(32)17-9-13-19(31)14-10-17/h3-14,23H,1-2H3/b22-15+/t23-,27-,28-/m1/s1. The van der Waals surface area contributed by atoms with Gasteiger partial charge in [0, 0.05) is 36.0 Å². The van der Waals surface area contributed by atoms with E-state index in [1.165, 1.54) is 0 Å². The van der Waals surface area contributed by atoms with Gasteiger partial charge in [-0.25, -0.2) is 0 Å². The molecule has 3 atom stereocenters. The van der Waals surface area contributed by atoms with Crippen molar-refractivity contribution in [2.45, 2.75) is 19.8 Å². The molecule has 1 saturated carbocycles. The lowest BCUT2D eigenvalue weighted by Gasteiger charge is -2.23. The molecule has 182 valence electrons. The number of ketones is 1. The summed E-state index contributed by atoms with van der Waals surface area (Å²) < 4.78 is 13.8. The van der Waals surface area contributed by atoms with Crippen molar-refractivity contribution >= 4 is 71.3 Å². The fraction of sp³-hybridized carbons (Fsp3) is 0.179. The molecule has 0 bridgehead atoms. The third-order valence-corrected chi connectivity index (χ3v) is 8.43. The van der Waals surface area contributed by atoms with Crippen molar-refractivity contribution in [2.75, 3.05) is 0 Å². The van der Waals surface area contributed by atoms with Crippen LogP contribution in [0.15, 0.2) is 86.2 Å². The minimum Gasteiger partial charge on any atom is -0.425 e. The number of allylic oxidation sites excluding steroid dienone is 1. The highest BCUT2D eigenvalue weighted by Crippen LogP contribution is 2.78. The largest absolute Gasteiger partial charge is 0.425 e. The van der Waals surface area contributed by atoms with E-state index in [0.717, 1.165) is 8.95 Å². The Balaban J connectivity index is 1.62. The van der Waals surface area contributed by atoms with E-state index in [2.05, 4.69) is 47.8 Å². The number of Topliss-reactive ketones (excluding diaryl/α,β-unsaturated/α-hetero) is 1. The number of fused-ring (bicyclic) bond motifs is 3. The maximum atomic E-state index is 14.0. The molecule has 5 rings (SSSR count). The van der Waals surface area contributed by atoms with E-state index in [0.29, 0.717) is 26.9 Å². The molecule has 0 spiro atoms. The molecule has 1 aliphatic carbocycles. The Kier molecular flexibility index (Phi) is 6.34. The highest BCUT2D eigenvalue weighted by Gasteiger charge is 2.89. The molecule has 2 aliphatic rings. The van der Waals surface area contributed by atoms with Gasteiger partial charge in [-0.3, -0.25) is 14.4 Å². The zero-order valence-electron chi connectivity index (χ0n) is 19.2. The summed E-state index contributed by atoms with van der Waals surface area (Å²) in [6.07, 6.45) is 0. The number of esters is 2. The van der Waals surface area contributed by atoms with Crippen molar-refractivity contribution in [3.05, 3.63) is 103 Å². The zero-order valence-corrected chi connectivity index (χ0v) is 23.9. The number of para-hydroxylation sites is 1. The molecule has 3 aromatic rings. The molecule has 0 radical (unpaired) electrons. The minimum atomic E-state index is -1.82. The van der Waals surface area contributed by atoms with Crippen LogP contribution in [0, 0.1) is 10.8 Å². The normalized spacial score (nSPS) is 24.6. The molecule has 8 heteroatoms. The molecular weight excluding hydrogens is 656 g/mol. The van der Waals surface area contributed by atoms with E-state index < -0.39 is 28.7 Å². The van der Waals surface area contributed by atoms with Crippen LogP contribution in [0.4, 0.5) is 0 Å². The molecule has 0 unspecified atom stereocenters. The maximum absolute atomic E-state index is 14.0. The van der Waals surface area contributed by atoms with E-state index in [1.54, 1.807) is 74.5 Å². The van der Waals surface area contributed by atoms with Gasteiger partial charge in [0.2, 0.25) is 0 Å². The van der Waals surface area contributed by atoms with Crippen LogP contribution in [0.5, 0.6) is 5.75 Å². The van der Waals surface area contributed by atoms with Crippen molar-refractivity contribution in [3.8, 4) is 5.75 Å². The van der Waals surface area contributed by atoms with E-state index in [1.807, 2.05) is 12.1 Å². The van der Waals surface area contributed by atoms with Crippen molar-refractivity contribution in [1.29, 1.82) is 0 Å². The number of carbonyl (C=O) groups is 3. The Morgan fingerprint density at radius 1 is 0.889 bits per heavy atom. The van der Waals surface area contributed by atoms with E-state index >= 15 is 0 Å². The summed E-state index contributed by atoms with van der Waals surface area (Å²) >= 11 is 10.2. The summed E-state index contributed by atoms with van der Waals surface area (Å²) in [5.41, 5.74) is -1.55. The molecule has 36 heavy (non-hydrogen) atoms. The minimum absolute atomic E-state index is 0.262. The first-order valence-electron chi connectivity index (χ1n) is 11.1. The van der Waals surface area contributed by atoms with Gasteiger partial charge in [-0.1, -0.05) is 90.3 Å². The first-order chi connectivity index (χ1) is 17.1. The van der Waals surface area contributed by atoms with Gasteiger partial charge < -0.3 is 9.47 Å². The smallest absolute Gasteiger partial charge is 0.330 e. The predicted molar refractivity (Wildman–Crippen MR) is 146 cm³/mol. The summed E-state index contributed by atoms with van der Waals surface area (Å²) in [7, 11) is 0. The van der Waals surface area contributed by atoms with Gasteiger partial charge in [0.1, 0.15) is 11.5 Å². The second-order valence-electron chi connectivity index (χ2n) is 8.97. The van der Waals surface area contributed by atoms with E-state index in [4.69, 9.17) is 9.47 Å². The average Bonchev–Trinajstić information content (AvgIpc) is 3.46. The number of ether oxygens (including phenoxy) is 2. The van der Waals surface area contributed by atoms with Crippen LogP contribution < -0.4 is 4.74 Å². The summed E-state index contributed by atoms with van der Waals surface area (Å²) in [5, 5.41) is 0. The average molecular weight is 675 g/mol. The quantitative estimate of drug-likeness (QED) is 0.0926. The Hall–Kier alpha value is -2.55. The zero-order chi connectivity index (χ0) is 25.8. The fourth-order valence-electron chi connectivity index (χ4n) is 5.21. The number of halogens is 3. The first-order valence-corrected chi connectivity index (χ1v) is 13.5. The van der Waals surface area contributed by atoms with Gasteiger partial charge in [0.05, 0.1) is 5.41 Å². The van der Waals surface area contributed by atoms with Gasteiger partial charge in [0.25, 0.3) is 0 Å². The summed E-state index contributed by atoms with van der Waals surface area (Å²) in [5.74, 6) is -2.05. The van der Waals surface area contributed by atoms with Crippen LogP contribution in [0.25, 0.3) is 5.76 Å². The third-order valence-electron chi connectivity index (χ3n) is 7.01. The Labute approximate surface area is 233 Å². The lowest BCUT2D eigenvalue weighted by atomic mass is 9.87. The molecule has 1 aliphatic heterocycles. The lowest BCUT2D eigenvalue weighted by molar-refractivity contribution is -0.157. The molecule has 0 saturated heterocycles. The van der Waals surface area contributed by atoms with Crippen LogP contribution in [-0.4, -0.2) is 17.7 Å². The first kappa shape index (κ1) is 25.1. The van der Waals surface area contributed by atoms with Gasteiger partial charge in [0.15, 0.2) is 11.2 Å². The SMILES string of the molecule is C/C(Br)=C(\OC(=O)[C@]12C(=O)Oc3ccccc3[C@@H]1[C@]2(C)C(=O)c1ccc(Br)cc1)c1ccc(Br)cc1. The maximum Gasteiger partial charge on any atom is 0.330 e. The molecule has 0 aromatic heterocycles. The predicted octanol–water partition coefficient (Wildman–Crippen LogP) is 7.43. The third kappa shape index (κ3) is 3.64. The molecule has 0 N–H and O–H groups in total. The topological polar surface area (TPSA) is 69.7 Å². The summed E-state index contributed by atoms with van der Waals surface area (Å²) in [6.45, 7) is 3.39. The number of hydrogen-bond acceptors (Lipinski definition) is 5. The van der Waals surface area contributed by atoms with Crippen molar-refractivity contribution in [2.24, 2.45) is 10.8 Å². The monoisotopic (exact) mass is 672 g/mol. The van der Waals surface area contributed by atoms with Gasteiger partial charge >= 0.3 is 11.9 Å². The number of hydrogen-bond donors (Lipinski definition) is 0. The van der Waals surface area contributed by atoms with Crippen molar-refractivity contribution in [3.63, 3.8) is 0 Å². The highest BCUT2D eigenvalue weighted by molar-refractivity contribution is 9.11. The Morgan fingerprint density at radius 2 is 1.44 bits per heavy atom. The number of benzene rings is 3. The molecule has 1 heterocycles. The van der Waals surface area contributed by atoms with Gasteiger partial charge in [-0.15, -0.1) is 0 Å². The van der Waals surface area contributed by atoms with Crippen molar-refractivity contribution < 1.29 is 23.9 Å². The van der Waals surface area contributed by atoms with Crippen LogP contribution >= 0.6 is 47.8 Å². The van der Waals surface area contributed by atoms with Crippen LogP contribution in [0.1, 0.15) is 41.3 Å². The van der Waals surface area contributed by atoms with Crippen LogP contribution in [0.3, 0.4) is 0 Å². The summed E-state index contributed by atoms with van der Waals surface area (Å²) in [4.78, 5) is 41.5. The summed E-state index contributed by atoms with van der Waals surface area (Å²) in [6, 6.07) is 21.1. The fourth-order valence-corrected chi connectivity index (χ4v) is 6.05.